The van der Waals surface area contributed by atoms with Gasteiger partial charge in [-0.3, -0.25) is 9.80 Å². The molecule has 1 saturated carbocycles. The van der Waals surface area contributed by atoms with Crippen molar-refractivity contribution >= 4 is 11.9 Å². The Morgan fingerprint density at radius 3 is 2.57 bits per heavy atom. The molecule has 2 aliphatic heterocycles. The maximum absolute atomic E-state index is 11.6. The molecule has 7 nitrogen and oxygen atoms in total. The van der Waals surface area contributed by atoms with Gasteiger partial charge in [-0.15, -0.1) is 0 Å². The minimum atomic E-state index is -0.385. The molecule has 2 aromatic rings. The van der Waals surface area contributed by atoms with E-state index in [1.165, 1.54) is 35.3 Å². The summed E-state index contributed by atoms with van der Waals surface area (Å²) in [6.45, 7) is 3.16. The largest absolute Gasteiger partial charge is 0.447 e. The number of cyclic esters (lactones) is 1. The normalized spacial score (nSPS) is 20.3. The third-order valence-corrected chi connectivity index (χ3v) is 5.98. The SMILES string of the molecule is O=C1OCCN1c1cnc(Oc2ccc3c(c2)CCN(C2CCC2)CC3)cn1. The number of carbonyl (C=O) groups is 1. The average molecular weight is 380 g/mol. The van der Waals surface area contributed by atoms with Gasteiger partial charge in [-0.05, 0) is 48.9 Å². The van der Waals surface area contributed by atoms with Crippen molar-refractivity contribution in [3.63, 3.8) is 0 Å². The zero-order valence-electron chi connectivity index (χ0n) is 15.8. The number of amides is 1. The van der Waals surface area contributed by atoms with Crippen molar-refractivity contribution in [1.29, 1.82) is 0 Å². The predicted molar refractivity (Wildman–Crippen MR) is 104 cm³/mol. The lowest BCUT2D eigenvalue weighted by Crippen LogP contribution is -2.41. The lowest BCUT2D eigenvalue weighted by Gasteiger charge is -2.36. The van der Waals surface area contributed by atoms with Crippen molar-refractivity contribution in [3.8, 4) is 11.6 Å². The van der Waals surface area contributed by atoms with E-state index >= 15 is 0 Å². The number of ether oxygens (including phenoxy) is 2. The Kier molecular flexibility index (Phi) is 4.60. The molecule has 5 rings (SSSR count). The van der Waals surface area contributed by atoms with E-state index in [9.17, 15) is 4.79 Å². The number of aromatic nitrogens is 2. The first-order chi connectivity index (χ1) is 13.8. The fourth-order valence-corrected chi connectivity index (χ4v) is 4.12. The van der Waals surface area contributed by atoms with Gasteiger partial charge in [0, 0.05) is 19.1 Å². The first-order valence-corrected chi connectivity index (χ1v) is 10.1. The monoisotopic (exact) mass is 380 g/mol. The Balaban J connectivity index is 1.26. The van der Waals surface area contributed by atoms with Gasteiger partial charge in [-0.1, -0.05) is 12.5 Å². The molecule has 0 spiro atoms. The van der Waals surface area contributed by atoms with Crippen LogP contribution >= 0.6 is 0 Å². The van der Waals surface area contributed by atoms with Crippen molar-refractivity contribution < 1.29 is 14.3 Å². The number of rotatable bonds is 4. The lowest BCUT2D eigenvalue weighted by molar-refractivity contribution is 0.133. The highest BCUT2D eigenvalue weighted by Crippen LogP contribution is 2.29. The summed E-state index contributed by atoms with van der Waals surface area (Å²) in [7, 11) is 0. The number of nitrogens with zero attached hydrogens (tertiary/aromatic N) is 4. The van der Waals surface area contributed by atoms with Crippen molar-refractivity contribution in [2.45, 2.75) is 38.1 Å². The first-order valence-electron chi connectivity index (χ1n) is 10.1. The Morgan fingerprint density at radius 1 is 1.04 bits per heavy atom. The Hall–Kier alpha value is -2.67. The molecular formula is C21H24N4O3. The van der Waals surface area contributed by atoms with Crippen molar-refractivity contribution in [3.05, 3.63) is 41.7 Å². The van der Waals surface area contributed by atoms with Crippen molar-refractivity contribution in [2.75, 3.05) is 31.1 Å². The minimum Gasteiger partial charge on any atom is -0.447 e. The van der Waals surface area contributed by atoms with Crippen LogP contribution in [0.25, 0.3) is 0 Å². The van der Waals surface area contributed by atoms with Gasteiger partial charge in [0.1, 0.15) is 12.4 Å². The second-order valence-electron chi connectivity index (χ2n) is 7.63. The van der Waals surface area contributed by atoms with E-state index < -0.39 is 0 Å². The van der Waals surface area contributed by atoms with Gasteiger partial charge in [0.05, 0.1) is 18.9 Å². The summed E-state index contributed by atoms with van der Waals surface area (Å²) in [6.07, 6.45) is 8.96. The molecule has 1 aromatic heterocycles. The summed E-state index contributed by atoms with van der Waals surface area (Å²) in [6, 6.07) is 7.11. The van der Waals surface area contributed by atoms with E-state index in [4.69, 9.17) is 9.47 Å². The number of hydrogen-bond acceptors (Lipinski definition) is 6. The standard InChI is InChI=1S/C21H24N4O3/c26-21-25(10-11-27-21)19-13-23-20(14-22-19)28-18-5-4-15-6-8-24(17-2-1-3-17)9-7-16(15)12-18/h4-5,12-14,17H,1-3,6-11H2. The van der Waals surface area contributed by atoms with Gasteiger partial charge in [0.25, 0.3) is 0 Å². The molecular weight excluding hydrogens is 356 g/mol. The molecule has 0 radical (unpaired) electrons. The second kappa shape index (κ2) is 7.39. The van der Waals surface area contributed by atoms with Gasteiger partial charge in [0.2, 0.25) is 5.88 Å². The zero-order valence-corrected chi connectivity index (χ0v) is 15.8. The molecule has 146 valence electrons. The van der Waals surface area contributed by atoms with Gasteiger partial charge < -0.3 is 9.47 Å². The second-order valence-corrected chi connectivity index (χ2v) is 7.63. The van der Waals surface area contributed by atoms with Crippen LogP contribution in [0.4, 0.5) is 10.6 Å². The first kappa shape index (κ1) is 17.4. The Morgan fingerprint density at radius 2 is 1.89 bits per heavy atom. The summed E-state index contributed by atoms with van der Waals surface area (Å²) in [5.74, 6) is 1.67. The van der Waals surface area contributed by atoms with Crippen LogP contribution in [-0.2, 0) is 17.6 Å². The molecule has 1 saturated heterocycles. The van der Waals surface area contributed by atoms with Crippen LogP contribution in [0.2, 0.25) is 0 Å². The lowest BCUT2D eigenvalue weighted by atomic mass is 9.91. The molecule has 28 heavy (non-hydrogen) atoms. The molecule has 0 unspecified atom stereocenters. The Bertz CT molecular complexity index is 866. The van der Waals surface area contributed by atoms with E-state index in [-0.39, 0.29) is 6.09 Å². The molecule has 1 amide bonds. The number of carbonyl (C=O) groups excluding carboxylic acids is 1. The molecule has 0 bridgehead atoms. The third kappa shape index (κ3) is 3.42. The molecule has 0 atom stereocenters. The number of anilines is 1. The molecule has 2 fully saturated rings. The molecule has 0 N–H and O–H groups in total. The highest BCUT2D eigenvalue weighted by Gasteiger charge is 2.27. The van der Waals surface area contributed by atoms with Gasteiger partial charge in [0.15, 0.2) is 5.82 Å². The van der Waals surface area contributed by atoms with Crippen LogP contribution in [0.1, 0.15) is 30.4 Å². The average Bonchev–Trinajstić information content (AvgIpc) is 2.99. The van der Waals surface area contributed by atoms with Gasteiger partial charge in [-0.2, -0.15) is 0 Å². The van der Waals surface area contributed by atoms with Crippen molar-refractivity contribution in [2.24, 2.45) is 0 Å². The van der Waals surface area contributed by atoms with Crippen LogP contribution in [0.3, 0.4) is 0 Å². The van der Waals surface area contributed by atoms with E-state index in [0.29, 0.717) is 24.8 Å². The van der Waals surface area contributed by atoms with E-state index in [1.807, 2.05) is 6.07 Å². The van der Waals surface area contributed by atoms with Crippen LogP contribution in [0.5, 0.6) is 11.6 Å². The maximum Gasteiger partial charge on any atom is 0.415 e. The number of hydrogen-bond donors (Lipinski definition) is 0. The molecule has 3 aliphatic rings. The highest BCUT2D eigenvalue weighted by molar-refractivity contribution is 5.87. The molecule has 1 aliphatic carbocycles. The highest BCUT2D eigenvalue weighted by atomic mass is 16.6. The topological polar surface area (TPSA) is 67.8 Å². The van der Waals surface area contributed by atoms with Crippen LogP contribution < -0.4 is 9.64 Å². The smallest absolute Gasteiger partial charge is 0.415 e. The summed E-state index contributed by atoms with van der Waals surface area (Å²) in [5, 5.41) is 0. The van der Waals surface area contributed by atoms with E-state index in [1.54, 1.807) is 12.4 Å². The van der Waals surface area contributed by atoms with Crippen LogP contribution in [-0.4, -0.2) is 53.2 Å². The quantitative estimate of drug-likeness (QED) is 0.812. The van der Waals surface area contributed by atoms with Gasteiger partial charge >= 0.3 is 6.09 Å². The molecule has 7 heteroatoms. The molecule has 1 aromatic carbocycles. The summed E-state index contributed by atoms with van der Waals surface area (Å²) >= 11 is 0. The maximum atomic E-state index is 11.6. The summed E-state index contributed by atoms with van der Waals surface area (Å²) < 4.78 is 10.8. The fourth-order valence-electron chi connectivity index (χ4n) is 4.12. The summed E-state index contributed by atoms with van der Waals surface area (Å²) in [5.41, 5.74) is 2.78. The van der Waals surface area contributed by atoms with Crippen LogP contribution in [0, 0.1) is 0 Å². The van der Waals surface area contributed by atoms with Crippen LogP contribution in [0.15, 0.2) is 30.6 Å². The molecule has 3 heterocycles. The fraction of sp³-hybridized carbons (Fsp3) is 0.476. The summed E-state index contributed by atoms with van der Waals surface area (Å²) in [4.78, 5) is 24.3. The zero-order chi connectivity index (χ0) is 18.9. The van der Waals surface area contributed by atoms with Crippen molar-refractivity contribution in [1.82, 2.24) is 14.9 Å². The number of fused-ring (bicyclic) bond motifs is 1. The van der Waals surface area contributed by atoms with E-state index in [0.717, 1.165) is 37.7 Å². The minimum absolute atomic E-state index is 0.381. The third-order valence-electron chi connectivity index (χ3n) is 5.98. The number of benzene rings is 1. The van der Waals surface area contributed by atoms with Gasteiger partial charge in [-0.25, -0.2) is 14.8 Å². The Labute approximate surface area is 164 Å². The predicted octanol–water partition coefficient (Wildman–Crippen LogP) is 3.18. The van der Waals surface area contributed by atoms with E-state index in [2.05, 4.69) is 27.0 Å².